The summed E-state index contributed by atoms with van der Waals surface area (Å²) in [6.45, 7) is 4.60. The Morgan fingerprint density at radius 3 is 2.85 bits per heavy atom. The number of anilines is 3. The van der Waals surface area contributed by atoms with Crippen molar-refractivity contribution in [2.24, 2.45) is 0 Å². The van der Waals surface area contributed by atoms with Gasteiger partial charge in [0.2, 0.25) is 5.95 Å². The molecule has 20 heavy (non-hydrogen) atoms. The van der Waals surface area contributed by atoms with E-state index in [9.17, 15) is 4.39 Å². The third-order valence-corrected chi connectivity index (χ3v) is 3.29. The van der Waals surface area contributed by atoms with Crippen LogP contribution >= 0.6 is 15.9 Å². The molecule has 0 unspecified atom stereocenters. The summed E-state index contributed by atoms with van der Waals surface area (Å²) in [5.74, 6) is 0.900. The predicted molar refractivity (Wildman–Crippen MR) is 82.9 cm³/mol. The summed E-state index contributed by atoms with van der Waals surface area (Å²) >= 11 is 3.38. The second-order valence-corrected chi connectivity index (χ2v) is 5.26. The standard InChI is InChI=1S/C14H16BrFN4/c1-3-6-17-14-18-8-11(15)13(20-14)19-10-5-4-9(2)12(16)7-10/h4-5,7-8H,3,6H2,1-2H3,(H2,17,18,19,20). The summed E-state index contributed by atoms with van der Waals surface area (Å²) in [5, 5.41) is 6.19. The van der Waals surface area contributed by atoms with E-state index in [0.29, 0.717) is 23.0 Å². The van der Waals surface area contributed by atoms with Gasteiger partial charge in [-0.3, -0.25) is 0 Å². The molecule has 106 valence electrons. The van der Waals surface area contributed by atoms with E-state index >= 15 is 0 Å². The maximum atomic E-state index is 13.5. The normalized spacial score (nSPS) is 10.4. The highest BCUT2D eigenvalue weighted by Crippen LogP contribution is 2.25. The van der Waals surface area contributed by atoms with Crippen LogP contribution in [0.1, 0.15) is 18.9 Å². The van der Waals surface area contributed by atoms with E-state index in [4.69, 9.17) is 0 Å². The quantitative estimate of drug-likeness (QED) is 0.855. The number of hydrogen-bond acceptors (Lipinski definition) is 4. The minimum atomic E-state index is -0.246. The molecule has 0 saturated carbocycles. The van der Waals surface area contributed by atoms with E-state index < -0.39 is 0 Å². The second kappa shape index (κ2) is 6.65. The van der Waals surface area contributed by atoms with Crippen LogP contribution in [0.3, 0.4) is 0 Å². The van der Waals surface area contributed by atoms with E-state index in [2.05, 4.69) is 43.5 Å². The smallest absolute Gasteiger partial charge is 0.224 e. The summed E-state index contributed by atoms with van der Waals surface area (Å²) in [6.07, 6.45) is 2.66. The molecule has 0 bridgehead atoms. The van der Waals surface area contributed by atoms with Crippen molar-refractivity contribution in [3.8, 4) is 0 Å². The van der Waals surface area contributed by atoms with Gasteiger partial charge in [0, 0.05) is 18.4 Å². The molecule has 4 nitrogen and oxygen atoms in total. The Morgan fingerprint density at radius 1 is 1.35 bits per heavy atom. The molecule has 1 heterocycles. The maximum Gasteiger partial charge on any atom is 0.224 e. The van der Waals surface area contributed by atoms with E-state index in [-0.39, 0.29) is 5.82 Å². The highest BCUT2D eigenvalue weighted by Gasteiger charge is 2.06. The Labute approximate surface area is 126 Å². The molecule has 0 aliphatic carbocycles. The largest absolute Gasteiger partial charge is 0.354 e. The van der Waals surface area contributed by atoms with Crippen molar-refractivity contribution < 1.29 is 4.39 Å². The van der Waals surface area contributed by atoms with Gasteiger partial charge in [-0.25, -0.2) is 9.37 Å². The topological polar surface area (TPSA) is 49.8 Å². The highest BCUT2D eigenvalue weighted by atomic mass is 79.9. The van der Waals surface area contributed by atoms with Gasteiger partial charge in [0.05, 0.1) is 4.47 Å². The van der Waals surface area contributed by atoms with Crippen molar-refractivity contribution in [1.29, 1.82) is 0 Å². The number of benzene rings is 1. The first kappa shape index (κ1) is 14.7. The number of halogens is 2. The lowest BCUT2D eigenvalue weighted by Gasteiger charge is -2.10. The molecule has 0 fully saturated rings. The highest BCUT2D eigenvalue weighted by molar-refractivity contribution is 9.10. The molecule has 2 aromatic rings. The molecule has 0 atom stereocenters. The fraction of sp³-hybridized carbons (Fsp3) is 0.286. The molecule has 0 aliphatic rings. The number of nitrogens with zero attached hydrogens (tertiary/aromatic N) is 2. The number of hydrogen-bond donors (Lipinski definition) is 2. The average Bonchev–Trinajstić information content (AvgIpc) is 2.44. The van der Waals surface area contributed by atoms with Gasteiger partial charge in [-0.15, -0.1) is 0 Å². The van der Waals surface area contributed by atoms with Gasteiger partial charge in [-0.05, 0) is 47.0 Å². The van der Waals surface area contributed by atoms with Gasteiger partial charge in [-0.2, -0.15) is 4.98 Å². The van der Waals surface area contributed by atoms with Gasteiger partial charge in [0.25, 0.3) is 0 Å². The van der Waals surface area contributed by atoms with Gasteiger partial charge < -0.3 is 10.6 Å². The minimum Gasteiger partial charge on any atom is -0.354 e. The second-order valence-electron chi connectivity index (χ2n) is 4.41. The Hall–Kier alpha value is -1.69. The minimum absolute atomic E-state index is 0.246. The van der Waals surface area contributed by atoms with Crippen LogP contribution in [-0.4, -0.2) is 16.5 Å². The first-order valence-electron chi connectivity index (χ1n) is 6.39. The molecule has 0 aliphatic heterocycles. The molecule has 1 aromatic heterocycles. The number of aromatic nitrogens is 2. The van der Waals surface area contributed by atoms with Gasteiger partial charge >= 0.3 is 0 Å². The Kier molecular flexibility index (Phi) is 4.89. The van der Waals surface area contributed by atoms with Crippen LogP contribution in [0.15, 0.2) is 28.9 Å². The van der Waals surface area contributed by atoms with Crippen molar-refractivity contribution in [2.45, 2.75) is 20.3 Å². The zero-order valence-electron chi connectivity index (χ0n) is 11.4. The zero-order valence-corrected chi connectivity index (χ0v) is 13.0. The summed E-state index contributed by atoms with van der Waals surface area (Å²) in [4.78, 5) is 8.52. The van der Waals surface area contributed by atoms with Gasteiger partial charge in [0.15, 0.2) is 0 Å². The Morgan fingerprint density at radius 2 is 2.15 bits per heavy atom. The molecule has 0 radical (unpaired) electrons. The van der Waals surface area contributed by atoms with Crippen molar-refractivity contribution in [3.63, 3.8) is 0 Å². The van der Waals surface area contributed by atoms with E-state index in [1.54, 1.807) is 19.2 Å². The monoisotopic (exact) mass is 338 g/mol. The average molecular weight is 339 g/mol. The Bertz CT molecular complexity index is 604. The van der Waals surface area contributed by atoms with Crippen LogP contribution in [-0.2, 0) is 0 Å². The number of nitrogens with one attached hydrogen (secondary N) is 2. The maximum absolute atomic E-state index is 13.5. The molecule has 6 heteroatoms. The van der Waals surface area contributed by atoms with E-state index in [0.717, 1.165) is 17.4 Å². The predicted octanol–water partition coefficient (Wildman–Crippen LogP) is 4.25. The zero-order chi connectivity index (χ0) is 14.5. The molecular weight excluding hydrogens is 323 g/mol. The summed E-state index contributed by atoms with van der Waals surface area (Å²) in [5.41, 5.74) is 1.26. The van der Waals surface area contributed by atoms with Crippen LogP contribution < -0.4 is 10.6 Å². The first-order valence-corrected chi connectivity index (χ1v) is 7.19. The molecule has 2 N–H and O–H groups in total. The van der Waals surface area contributed by atoms with Crippen molar-refractivity contribution in [3.05, 3.63) is 40.2 Å². The van der Waals surface area contributed by atoms with Crippen LogP contribution in [0.2, 0.25) is 0 Å². The van der Waals surface area contributed by atoms with Crippen molar-refractivity contribution >= 4 is 33.4 Å². The third-order valence-electron chi connectivity index (χ3n) is 2.71. The lowest BCUT2D eigenvalue weighted by atomic mass is 10.2. The van der Waals surface area contributed by atoms with Gasteiger partial charge in [0.1, 0.15) is 11.6 Å². The van der Waals surface area contributed by atoms with Crippen LogP contribution in [0.4, 0.5) is 21.8 Å². The molecule has 1 aromatic carbocycles. The van der Waals surface area contributed by atoms with E-state index in [1.807, 2.05) is 6.07 Å². The molecular formula is C14H16BrFN4. The lowest BCUT2D eigenvalue weighted by Crippen LogP contribution is -2.06. The Balaban J connectivity index is 2.20. The van der Waals surface area contributed by atoms with Crippen LogP contribution in [0.25, 0.3) is 0 Å². The number of rotatable bonds is 5. The summed E-state index contributed by atoms with van der Waals surface area (Å²) in [6, 6.07) is 4.98. The molecule has 0 saturated heterocycles. The van der Waals surface area contributed by atoms with Crippen molar-refractivity contribution in [2.75, 3.05) is 17.2 Å². The van der Waals surface area contributed by atoms with E-state index in [1.165, 1.54) is 6.07 Å². The van der Waals surface area contributed by atoms with Gasteiger partial charge in [-0.1, -0.05) is 13.0 Å². The summed E-state index contributed by atoms with van der Waals surface area (Å²) < 4.78 is 14.3. The summed E-state index contributed by atoms with van der Waals surface area (Å²) in [7, 11) is 0. The SMILES string of the molecule is CCCNc1ncc(Br)c(Nc2ccc(C)c(F)c2)n1. The van der Waals surface area contributed by atoms with Crippen molar-refractivity contribution in [1.82, 2.24) is 9.97 Å². The fourth-order valence-corrected chi connectivity index (χ4v) is 1.87. The molecule has 0 amide bonds. The third kappa shape index (κ3) is 3.66. The van der Waals surface area contributed by atoms with Crippen LogP contribution in [0, 0.1) is 12.7 Å². The first-order chi connectivity index (χ1) is 9.60. The lowest BCUT2D eigenvalue weighted by molar-refractivity contribution is 0.619. The molecule has 0 spiro atoms. The van der Waals surface area contributed by atoms with Crippen LogP contribution in [0.5, 0.6) is 0 Å². The fourth-order valence-electron chi connectivity index (χ4n) is 1.58. The molecule has 2 rings (SSSR count). The number of aryl methyl sites for hydroxylation is 1.